The summed E-state index contributed by atoms with van der Waals surface area (Å²) in [6.45, 7) is 14.4. The number of hydrogen-bond acceptors (Lipinski definition) is 18. The van der Waals surface area contributed by atoms with Crippen molar-refractivity contribution in [2.24, 2.45) is 51.2 Å². The SMILES string of the molecule is CC(C)=C[C@H]1CO[C@]23C[C@]4(CO2)C(CCC2[C@@]5(C)CC[C@H](O[C@@H]6OC(CO)[C@@H](O)[C@@H](O[C@@H]7OC(CO)[C@@H](O)[C@@H](O)C7O)C6O[C@@H]6O[C@@H](CO)[C@@H](O)C6O)C(C)(C)C5CC[C@]24C)C3C1(C)O. The van der Waals surface area contributed by atoms with E-state index in [1.165, 1.54) is 0 Å². The van der Waals surface area contributed by atoms with E-state index in [-0.39, 0.29) is 39.9 Å². The van der Waals surface area contributed by atoms with E-state index >= 15 is 0 Å². The molecule has 10 N–H and O–H groups in total. The van der Waals surface area contributed by atoms with Crippen molar-refractivity contribution in [2.75, 3.05) is 33.0 Å². The molecule has 65 heavy (non-hydrogen) atoms. The number of allylic oxidation sites excluding steroid dienone is 1. The lowest BCUT2D eigenvalue weighted by atomic mass is 9.35. The maximum Gasteiger partial charge on any atom is 0.187 e. The summed E-state index contributed by atoms with van der Waals surface area (Å²) in [7, 11) is 0. The van der Waals surface area contributed by atoms with Gasteiger partial charge in [-0.1, -0.05) is 39.3 Å². The molecule has 2 bridgehead atoms. The van der Waals surface area contributed by atoms with E-state index < -0.39 is 129 Å². The molecule has 4 saturated carbocycles. The molecule has 10 unspecified atom stereocenters. The van der Waals surface area contributed by atoms with Crippen LogP contribution in [-0.4, -0.2) is 188 Å². The van der Waals surface area contributed by atoms with Crippen LogP contribution in [0.25, 0.3) is 0 Å². The molecule has 9 aliphatic rings. The summed E-state index contributed by atoms with van der Waals surface area (Å²) in [4.78, 5) is 0. The Morgan fingerprint density at radius 3 is 1.85 bits per heavy atom. The van der Waals surface area contributed by atoms with Crippen LogP contribution in [0.3, 0.4) is 0 Å². The van der Waals surface area contributed by atoms with Gasteiger partial charge in [0, 0.05) is 23.7 Å². The predicted molar refractivity (Wildman–Crippen MR) is 225 cm³/mol. The van der Waals surface area contributed by atoms with E-state index in [2.05, 4.69) is 47.6 Å². The Morgan fingerprint density at radius 1 is 0.631 bits per heavy atom. The fourth-order valence-corrected chi connectivity index (χ4v) is 15.8. The lowest BCUT2D eigenvalue weighted by Gasteiger charge is -2.70. The van der Waals surface area contributed by atoms with E-state index in [0.717, 1.165) is 44.1 Å². The van der Waals surface area contributed by atoms with Gasteiger partial charge in [0.25, 0.3) is 0 Å². The van der Waals surface area contributed by atoms with Crippen molar-refractivity contribution in [3.8, 4) is 0 Å². The molecule has 5 saturated heterocycles. The fourth-order valence-electron chi connectivity index (χ4n) is 15.8. The van der Waals surface area contributed by atoms with Gasteiger partial charge in [0.1, 0.15) is 67.1 Å². The first-order valence-electron chi connectivity index (χ1n) is 24.0. The third kappa shape index (κ3) is 7.24. The van der Waals surface area contributed by atoms with Crippen molar-refractivity contribution in [3.63, 3.8) is 0 Å². The maximum absolute atomic E-state index is 12.4. The molecule has 9 rings (SSSR count). The van der Waals surface area contributed by atoms with Gasteiger partial charge in [-0.15, -0.1) is 0 Å². The molecule has 25 atom stereocenters. The van der Waals surface area contributed by atoms with Crippen molar-refractivity contribution in [3.05, 3.63) is 11.6 Å². The summed E-state index contributed by atoms with van der Waals surface area (Å²) in [6.07, 6.45) is -14.3. The average Bonchev–Trinajstić information content (AvgIpc) is 3.88. The first kappa shape index (κ1) is 49.0. The van der Waals surface area contributed by atoms with Crippen LogP contribution in [0.1, 0.15) is 93.4 Å². The van der Waals surface area contributed by atoms with Crippen molar-refractivity contribution in [1.29, 1.82) is 0 Å². The van der Waals surface area contributed by atoms with Gasteiger partial charge in [-0.05, 0) is 93.3 Å². The molecule has 0 aromatic carbocycles. The Kier molecular flexibility index (Phi) is 12.9. The average molecular weight is 929 g/mol. The van der Waals surface area contributed by atoms with Crippen LogP contribution in [0, 0.1) is 51.2 Å². The predicted octanol–water partition coefficient (Wildman–Crippen LogP) is -0.176. The van der Waals surface area contributed by atoms with E-state index in [9.17, 15) is 51.1 Å². The van der Waals surface area contributed by atoms with E-state index in [1.54, 1.807) is 0 Å². The number of hydrogen-bond donors (Lipinski definition) is 10. The summed E-state index contributed by atoms with van der Waals surface area (Å²) >= 11 is 0. The lowest BCUT2D eigenvalue weighted by molar-refractivity contribution is -0.387. The van der Waals surface area contributed by atoms with Crippen LogP contribution < -0.4 is 0 Å². The smallest absolute Gasteiger partial charge is 0.187 e. The summed E-state index contributed by atoms with van der Waals surface area (Å²) in [5.41, 5.74) is -0.701. The molecule has 4 aliphatic carbocycles. The van der Waals surface area contributed by atoms with Gasteiger partial charge in [0.05, 0.1) is 44.7 Å². The molecule has 2 spiro atoms. The number of rotatable bonds is 10. The van der Waals surface area contributed by atoms with Gasteiger partial charge >= 0.3 is 0 Å². The summed E-state index contributed by atoms with van der Waals surface area (Å²) < 4.78 is 50.7. The molecule has 0 aromatic rings. The molecule has 372 valence electrons. The number of aliphatic hydroxyl groups is 10. The Balaban J connectivity index is 0.991. The van der Waals surface area contributed by atoms with E-state index in [4.69, 9.17) is 37.9 Å². The van der Waals surface area contributed by atoms with Crippen LogP contribution >= 0.6 is 0 Å². The second kappa shape index (κ2) is 17.1. The largest absolute Gasteiger partial charge is 0.394 e. The minimum Gasteiger partial charge on any atom is -0.394 e. The fraction of sp³-hybridized carbons (Fsp3) is 0.957. The summed E-state index contributed by atoms with van der Waals surface area (Å²) in [6, 6.07) is 0. The molecule has 0 amide bonds. The zero-order valence-corrected chi connectivity index (χ0v) is 38.8. The first-order valence-corrected chi connectivity index (χ1v) is 24.0. The third-order valence-corrected chi connectivity index (χ3v) is 19.1. The molecule has 5 heterocycles. The number of aliphatic hydroxyl groups excluding tert-OH is 9. The lowest BCUT2D eigenvalue weighted by Crippen LogP contribution is -2.68. The maximum atomic E-state index is 12.4. The van der Waals surface area contributed by atoms with Crippen molar-refractivity contribution in [2.45, 2.75) is 197 Å². The van der Waals surface area contributed by atoms with Crippen molar-refractivity contribution in [1.82, 2.24) is 0 Å². The standard InChI is InChI=1S/C47H76O18/c1-21(2)14-22-18-58-47-19-46(20-59-47)23(38(47)45(22,7)57)8-9-28-43(5)12-11-29(42(3,4)27(43)10-13-44(28,46)6)63-41-37(65-39-34(55)31(52)25(16-49)61-39)36(32(53)26(17-50)62-41)64-40-35(56)33(54)30(51)24(15-48)60-40/h14,22-41,48-57H,8-13,15-20H2,1-7H3/t22-,23?,24?,25-,26?,27?,28?,29-,30+,31+,32+,33+,34?,35?,36+,37?,38?,39-,40-,41-,43-,44+,45?,46-,47+/m0/s1. The highest BCUT2D eigenvalue weighted by molar-refractivity contribution is 5.27. The highest BCUT2D eigenvalue weighted by Crippen LogP contribution is 2.80. The normalized spacial score (nSPS) is 56.9. The van der Waals surface area contributed by atoms with Crippen LogP contribution in [0.2, 0.25) is 0 Å². The van der Waals surface area contributed by atoms with Crippen LogP contribution in [0.15, 0.2) is 11.6 Å². The monoisotopic (exact) mass is 929 g/mol. The topological polar surface area (TPSA) is 276 Å². The zero-order chi connectivity index (χ0) is 47.0. The van der Waals surface area contributed by atoms with Crippen LogP contribution in [-0.2, 0) is 37.9 Å². The van der Waals surface area contributed by atoms with Gasteiger partial charge in [-0.2, -0.15) is 0 Å². The molecule has 0 aromatic heterocycles. The Hall–Kier alpha value is -0.980. The molecule has 5 aliphatic heterocycles. The summed E-state index contributed by atoms with van der Waals surface area (Å²) in [5, 5.41) is 108. The second-order valence-corrected chi connectivity index (χ2v) is 22.9. The molecule has 9 fully saturated rings. The molecule has 18 heteroatoms. The highest BCUT2D eigenvalue weighted by atomic mass is 16.8. The Bertz CT molecular complexity index is 1760. The highest BCUT2D eigenvalue weighted by Gasteiger charge is 2.81. The minimum atomic E-state index is -1.86. The quantitative estimate of drug-likeness (QED) is 0.101. The van der Waals surface area contributed by atoms with Crippen molar-refractivity contribution >= 4 is 0 Å². The van der Waals surface area contributed by atoms with Gasteiger partial charge in [0.2, 0.25) is 0 Å². The molecule has 0 radical (unpaired) electrons. The number of ether oxygens (including phenoxy) is 8. The summed E-state index contributed by atoms with van der Waals surface area (Å²) in [5.74, 6) is -0.317. The van der Waals surface area contributed by atoms with Gasteiger partial charge in [-0.3, -0.25) is 0 Å². The third-order valence-electron chi connectivity index (χ3n) is 19.1. The molecule has 18 nitrogen and oxygen atoms in total. The van der Waals surface area contributed by atoms with Crippen LogP contribution in [0.5, 0.6) is 0 Å². The zero-order valence-electron chi connectivity index (χ0n) is 38.8. The molecular weight excluding hydrogens is 852 g/mol. The van der Waals surface area contributed by atoms with Gasteiger partial charge < -0.3 is 89.0 Å². The minimum absolute atomic E-state index is 0.0960. The van der Waals surface area contributed by atoms with Crippen molar-refractivity contribution < 1.29 is 89.0 Å². The first-order chi connectivity index (χ1) is 30.5. The second-order valence-electron chi connectivity index (χ2n) is 22.9. The number of fused-ring (bicyclic) bond motifs is 4. The molecular formula is C47H76O18. The Morgan fingerprint density at radius 2 is 1.22 bits per heavy atom. The van der Waals surface area contributed by atoms with Crippen LogP contribution in [0.4, 0.5) is 0 Å². The van der Waals surface area contributed by atoms with E-state index in [0.29, 0.717) is 25.6 Å². The Labute approximate surface area is 381 Å². The van der Waals surface area contributed by atoms with Gasteiger partial charge in [0.15, 0.2) is 24.7 Å². The van der Waals surface area contributed by atoms with Gasteiger partial charge in [-0.25, -0.2) is 0 Å². The van der Waals surface area contributed by atoms with E-state index in [1.807, 2.05) is 6.92 Å².